The molecular weight excluding hydrogens is 300 g/mol. The largest absolute Gasteiger partial charge is 0.339 e. The molecule has 0 aromatic rings. The highest BCUT2D eigenvalue weighted by molar-refractivity contribution is 5.79. The number of nitrogens with zero attached hydrogens (tertiary/aromatic N) is 2. The second kappa shape index (κ2) is 6.34. The second-order valence-electron chi connectivity index (χ2n) is 9.11. The Hall–Kier alpha value is -1.06. The molecule has 5 rings (SSSR count). The lowest BCUT2D eigenvalue weighted by molar-refractivity contribution is -0.144. The predicted octanol–water partition coefficient (Wildman–Crippen LogP) is 3.06. The number of rotatable bonds is 4. The van der Waals surface area contributed by atoms with Crippen LogP contribution in [-0.2, 0) is 9.59 Å². The maximum absolute atomic E-state index is 12.9. The topological polar surface area (TPSA) is 40.6 Å². The van der Waals surface area contributed by atoms with E-state index in [1.807, 2.05) is 16.7 Å². The summed E-state index contributed by atoms with van der Waals surface area (Å²) in [7, 11) is 0. The van der Waals surface area contributed by atoms with Crippen LogP contribution in [0.3, 0.4) is 0 Å². The van der Waals surface area contributed by atoms with Crippen LogP contribution in [0, 0.1) is 23.2 Å². The molecule has 4 heteroatoms. The monoisotopic (exact) mass is 332 g/mol. The fourth-order valence-corrected chi connectivity index (χ4v) is 6.52. The van der Waals surface area contributed by atoms with Gasteiger partial charge in [0.2, 0.25) is 11.8 Å². The molecule has 4 aliphatic carbocycles. The van der Waals surface area contributed by atoms with E-state index in [0.717, 1.165) is 56.8 Å². The Balaban J connectivity index is 1.32. The maximum Gasteiger partial charge on any atom is 0.223 e. The number of hydrogen-bond acceptors (Lipinski definition) is 2. The molecule has 0 aromatic carbocycles. The van der Waals surface area contributed by atoms with E-state index in [0.29, 0.717) is 17.7 Å². The third-order valence-corrected chi connectivity index (χ3v) is 7.14. The summed E-state index contributed by atoms with van der Waals surface area (Å²) in [5.74, 6) is 3.35. The molecule has 1 saturated heterocycles. The summed E-state index contributed by atoms with van der Waals surface area (Å²) in [5, 5.41) is 0. The van der Waals surface area contributed by atoms with E-state index in [2.05, 4.69) is 0 Å². The smallest absolute Gasteiger partial charge is 0.223 e. The lowest BCUT2D eigenvalue weighted by atomic mass is 9.49. The Bertz CT molecular complexity index is 472. The van der Waals surface area contributed by atoms with Gasteiger partial charge in [-0.05, 0) is 68.1 Å². The fraction of sp³-hybridized carbons (Fsp3) is 0.900. The molecule has 24 heavy (non-hydrogen) atoms. The molecule has 0 N–H and O–H groups in total. The van der Waals surface area contributed by atoms with Gasteiger partial charge in [0, 0.05) is 39.0 Å². The van der Waals surface area contributed by atoms with Crippen molar-refractivity contribution in [2.75, 3.05) is 26.2 Å². The van der Waals surface area contributed by atoms with E-state index in [1.54, 1.807) is 0 Å². The van der Waals surface area contributed by atoms with Gasteiger partial charge in [0.15, 0.2) is 0 Å². The van der Waals surface area contributed by atoms with Crippen LogP contribution in [0.1, 0.15) is 64.7 Å². The lowest BCUT2D eigenvalue weighted by Gasteiger charge is -2.57. The van der Waals surface area contributed by atoms with Crippen molar-refractivity contribution < 1.29 is 9.59 Å². The first-order valence-corrected chi connectivity index (χ1v) is 10.1. The van der Waals surface area contributed by atoms with Crippen LogP contribution >= 0.6 is 0 Å². The van der Waals surface area contributed by atoms with Crippen LogP contribution in [-0.4, -0.2) is 47.8 Å². The number of hydrogen-bond donors (Lipinski definition) is 0. The first-order chi connectivity index (χ1) is 11.6. The molecule has 0 unspecified atom stereocenters. The van der Waals surface area contributed by atoms with Crippen LogP contribution in [0.5, 0.6) is 0 Å². The number of amides is 2. The summed E-state index contributed by atoms with van der Waals surface area (Å²) in [6.45, 7) is 4.97. The average molecular weight is 332 g/mol. The van der Waals surface area contributed by atoms with Gasteiger partial charge in [-0.3, -0.25) is 9.59 Å². The zero-order chi connectivity index (χ0) is 16.7. The lowest BCUT2D eigenvalue weighted by Crippen LogP contribution is -2.53. The molecule has 4 nitrogen and oxygen atoms in total. The fourth-order valence-electron chi connectivity index (χ4n) is 6.52. The summed E-state index contributed by atoms with van der Waals surface area (Å²) in [4.78, 5) is 28.9. The zero-order valence-electron chi connectivity index (χ0n) is 15.1. The van der Waals surface area contributed by atoms with Crippen molar-refractivity contribution in [1.29, 1.82) is 0 Å². The third kappa shape index (κ3) is 3.09. The van der Waals surface area contributed by atoms with Crippen molar-refractivity contribution in [3.8, 4) is 0 Å². The zero-order valence-corrected chi connectivity index (χ0v) is 15.1. The van der Waals surface area contributed by atoms with Crippen molar-refractivity contribution in [2.45, 2.75) is 64.7 Å². The number of carbonyl (C=O) groups is 2. The van der Waals surface area contributed by atoms with Gasteiger partial charge < -0.3 is 9.80 Å². The van der Waals surface area contributed by atoms with Gasteiger partial charge in [-0.1, -0.05) is 6.92 Å². The second-order valence-corrected chi connectivity index (χ2v) is 9.11. The van der Waals surface area contributed by atoms with E-state index in [9.17, 15) is 9.59 Å². The molecule has 0 atom stereocenters. The minimum atomic E-state index is 0.255. The number of carbonyl (C=O) groups excluding carboxylic acids is 2. The van der Waals surface area contributed by atoms with Crippen molar-refractivity contribution in [1.82, 2.24) is 9.80 Å². The summed E-state index contributed by atoms with van der Waals surface area (Å²) < 4.78 is 0. The third-order valence-electron chi connectivity index (χ3n) is 7.14. The summed E-state index contributed by atoms with van der Waals surface area (Å²) in [5.41, 5.74) is 0.334. The quantitative estimate of drug-likeness (QED) is 0.794. The van der Waals surface area contributed by atoms with Crippen LogP contribution in [0.25, 0.3) is 0 Å². The van der Waals surface area contributed by atoms with E-state index in [4.69, 9.17) is 0 Å². The van der Waals surface area contributed by atoms with Gasteiger partial charge in [-0.2, -0.15) is 0 Å². The molecule has 0 aromatic heterocycles. The minimum Gasteiger partial charge on any atom is -0.339 e. The maximum atomic E-state index is 12.9. The van der Waals surface area contributed by atoms with Crippen molar-refractivity contribution in [2.24, 2.45) is 23.2 Å². The normalized spacial score (nSPS) is 37.8. The standard InChI is InChI=1S/C20H32N2O2/c1-2-3-18(23)21-4-6-22(7-5-21)19(24)14-20-11-15-8-16(12-20)10-17(9-15)13-20/h15-17H,2-14H2,1H3. The highest BCUT2D eigenvalue weighted by atomic mass is 16.2. The number of piperazine rings is 1. The molecular formula is C20H32N2O2. The summed E-state index contributed by atoms with van der Waals surface area (Å²) in [6, 6.07) is 0. The van der Waals surface area contributed by atoms with Gasteiger partial charge in [-0.25, -0.2) is 0 Å². The van der Waals surface area contributed by atoms with E-state index >= 15 is 0 Å². The van der Waals surface area contributed by atoms with Gasteiger partial charge in [0.1, 0.15) is 0 Å². The van der Waals surface area contributed by atoms with Crippen LogP contribution < -0.4 is 0 Å². The van der Waals surface area contributed by atoms with Crippen molar-refractivity contribution >= 4 is 11.8 Å². The Kier molecular flexibility index (Phi) is 4.34. The first-order valence-electron chi connectivity index (χ1n) is 10.1. The average Bonchev–Trinajstić information content (AvgIpc) is 2.53. The van der Waals surface area contributed by atoms with Crippen LogP contribution in [0.2, 0.25) is 0 Å². The first kappa shape index (κ1) is 16.4. The van der Waals surface area contributed by atoms with Crippen molar-refractivity contribution in [3.63, 3.8) is 0 Å². The molecule has 4 bridgehead atoms. The molecule has 1 aliphatic heterocycles. The summed E-state index contributed by atoms with van der Waals surface area (Å²) in [6.07, 6.45) is 10.5. The Morgan fingerprint density at radius 1 is 0.833 bits per heavy atom. The Morgan fingerprint density at radius 2 is 1.29 bits per heavy atom. The van der Waals surface area contributed by atoms with Gasteiger partial charge >= 0.3 is 0 Å². The molecule has 134 valence electrons. The van der Waals surface area contributed by atoms with Crippen LogP contribution in [0.4, 0.5) is 0 Å². The Morgan fingerprint density at radius 3 is 1.75 bits per heavy atom. The molecule has 0 radical (unpaired) electrons. The molecule has 0 spiro atoms. The van der Waals surface area contributed by atoms with Gasteiger partial charge in [0.25, 0.3) is 0 Å². The van der Waals surface area contributed by atoms with Crippen molar-refractivity contribution in [3.05, 3.63) is 0 Å². The Labute approximate surface area is 145 Å². The van der Waals surface area contributed by atoms with E-state index < -0.39 is 0 Å². The minimum absolute atomic E-state index is 0.255. The molecule has 1 heterocycles. The molecule has 4 saturated carbocycles. The van der Waals surface area contributed by atoms with Crippen LogP contribution in [0.15, 0.2) is 0 Å². The SMILES string of the molecule is CCCC(=O)N1CCN(C(=O)CC23CC4CC(CC(C4)C2)C3)CC1. The highest BCUT2D eigenvalue weighted by Crippen LogP contribution is 2.61. The predicted molar refractivity (Wildman–Crippen MR) is 93.3 cm³/mol. The molecule has 5 fully saturated rings. The highest BCUT2D eigenvalue weighted by Gasteiger charge is 2.51. The summed E-state index contributed by atoms with van der Waals surface area (Å²) >= 11 is 0. The van der Waals surface area contributed by atoms with E-state index in [1.165, 1.54) is 38.5 Å². The van der Waals surface area contributed by atoms with E-state index in [-0.39, 0.29) is 5.91 Å². The molecule has 2 amide bonds. The van der Waals surface area contributed by atoms with Gasteiger partial charge in [-0.15, -0.1) is 0 Å². The van der Waals surface area contributed by atoms with Gasteiger partial charge in [0.05, 0.1) is 0 Å². The molecule has 5 aliphatic rings.